The SMILES string of the molecule is Cc1nc2c(F)cc(-c3nc(Nc4ccc5c(c4)OCC4CN(c6ccccn6)CCN54)ncc3F)cc2n1C(C)C. The van der Waals surface area contributed by atoms with Gasteiger partial charge < -0.3 is 24.4 Å². The van der Waals surface area contributed by atoms with Crippen molar-refractivity contribution in [3.05, 3.63) is 78.4 Å². The van der Waals surface area contributed by atoms with E-state index in [9.17, 15) is 4.39 Å². The molecule has 1 saturated heterocycles. The molecule has 0 saturated carbocycles. The predicted molar refractivity (Wildman–Crippen MR) is 159 cm³/mol. The number of hydrogen-bond donors (Lipinski definition) is 1. The number of imidazole rings is 1. The Morgan fingerprint density at radius 3 is 2.69 bits per heavy atom. The number of ether oxygens (including phenoxy) is 1. The van der Waals surface area contributed by atoms with E-state index < -0.39 is 11.6 Å². The van der Waals surface area contributed by atoms with Gasteiger partial charge in [0.25, 0.3) is 0 Å². The van der Waals surface area contributed by atoms with Gasteiger partial charge in [-0.2, -0.15) is 0 Å². The Labute approximate surface area is 241 Å². The highest BCUT2D eigenvalue weighted by Gasteiger charge is 2.33. The third kappa shape index (κ3) is 4.54. The summed E-state index contributed by atoms with van der Waals surface area (Å²) in [5.74, 6) is 1.45. The molecular weight excluding hydrogens is 538 g/mol. The van der Waals surface area contributed by atoms with Crippen molar-refractivity contribution >= 4 is 34.2 Å². The highest BCUT2D eigenvalue weighted by molar-refractivity contribution is 5.83. The Bertz CT molecular complexity index is 1790. The fourth-order valence-corrected chi connectivity index (χ4v) is 6.01. The van der Waals surface area contributed by atoms with Crippen molar-refractivity contribution in [2.24, 2.45) is 0 Å². The summed E-state index contributed by atoms with van der Waals surface area (Å²) in [5, 5.41) is 3.16. The van der Waals surface area contributed by atoms with Gasteiger partial charge in [-0.1, -0.05) is 6.07 Å². The minimum absolute atomic E-state index is 0.00490. The zero-order valence-electron chi connectivity index (χ0n) is 23.6. The molecule has 42 heavy (non-hydrogen) atoms. The molecule has 0 spiro atoms. The first-order valence-electron chi connectivity index (χ1n) is 14.0. The summed E-state index contributed by atoms with van der Waals surface area (Å²) in [7, 11) is 0. The maximum Gasteiger partial charge on any atom is 0.227 e. The van der Waals surface area contributed by atoms with E-state index in [1.165, 1.54) is 6.07 Å². The first kappa shape index (κ1) is 26.1. The summed E-state index contributed by atoms with van der Waals surface area (Å²) in [6, 6.07) is 15.1. The number of anilines is 4. The molecule has 1 fully saturated rings. The van der Waals surface area contributed by atoms with Crippen LogP contribution in [-0.2, 0) is 0 Å². The second-order valence-electron chi connectivity index (χ2n) is 10.9. The molecule has 0 aliphatic carbocycles. The Kier molecular flexibility index (Phi) is 6.37. The molecule has 3 aromatic heterocycles. The maximum atomic E-state index is 15.1. The molecule has 2 aromatic carbocycles. The third-order valence-corrected chi connectivity index (χ3v) is 7.87. The van der Waals surface area contributed by atoms with E-state index in [4.69, 9.17) is 4.74 Å². The topological polar surface area (TPSA) is 84.2 Å². The normalized spacial score (nSPS) is 16.4. The summed E-state index contributed by atoms with van der Waals surface area (Å²) in [6.45, 7) is 8.92. The van der Waals surface area contributed by atoms with Crippen LogP contribution in [-0.4, -0.2) is 56.8 Å². The van der Waals surface area contributed by atoms with Crippen LogP contribution in [0.15, 0.2) is 60.9 Å². The molecule has 2 aliphatic heterocycles. The number of halogens is 2. The third-order valence-electron chi connectivity index (χ3n) is 7.87. The molecule has 11 heteroatoms. The summed E-state index contributed by atoms with van der Waals surface area (Å²) in [4.78, 5) is 22.1. The van der Waals surface area contributed by atoms with Gasteiger partial charge in [-0.25, -0.2) is 28.7 Å². The number of fused-ring (bicyclic) bond motifs is 4. The van der Waals surface area contributed by atoms with Crippen LogP contribution in [0.3, 0.4) is 0 Å². The van der Waals surface area contributed by atoms with Crippen LogP contribution in [0.25, 0.3) is 22.3 Å². The van der Waals surface area contributed by atoms with Gasteiger partial charge in [-0.3, -0.25) is 0 Å². The second-order valence-corrected chi connectivity index (χ2v) is 10.9. The lowest BCUT2D eigenvalue weighted by atomic mass is 10.1. The van der Waals surface area contributed by atoms with Crippen molar-refractivity contribution in [3.8, 4) is 17.0 Å². The summed E-state index contributed by atoms with van der Waals surface area (Å²) >= 11 is 0. The number of hydrogen-bond acceptors (Lipinski definition) is 8. The van der Waals surface area contributed by atoms with Gasteiger partial charge in [0, 0.05) is 49.2 Å². The first-order valence-corrected chi connectivity index (χ1v) is 14.0. The summed E-state index contributed by atoms with van der Waals surface area (Å²) in [6.07, 6.45) is 2.91. The zero-order valence-corrected chi connectivity index (χ0v) is 23.6. The molecule has 2 aliphatic rings. The van der Waals surface area contributed by atoms with Gasteiger partial charge in [-0.15, -0.1) is 0 Å². The molecule has 0 bridgehead atoms. The molecule has 9 nitrogen and oxygen atoms in total. The van der Waals surface area contributed by atoms with Gasteiger partial charge in [0.05, 0.1) is 23.4 Å². The fraction of sp³-hybridized carbons (Fsp3) is 0.290. The van der Waals surface area contributed by atoms with Crippen LogP contribution in [0.1, 0.15) is 25.7 Å². The molecule has 0 radical (unpaired) electrons. The molecule has 1 atom stereocenters. The van der Waals surface area contributed by atoms with E-state index in [-0.39, 0.29) is 29.2 Å². The number of benzene rings is 2. The molecule has 7 rings (SSSR count). The predicted octanol–water partition coefficient (Wildman–Crippen LogP) is 5.89. The Hall–Kier alpha value is -4.80. The highest BCUT2D eigenvalue weighted by Crippen LogP contribution is 2.38. The Morgan fingerprint density at radius 2 is 1.88 bits per heavy atom. The molecule has 5 aromatic rings. The van der Waals surface area contributed by atoms with Crippen LogP contribution < -0.4 is 19.9 Å². The molecule has 1 N–H and O–H groups in total. The van der Waals surface area contributed by atoms with Crippen molar-refractivity contribution in [2.45, 2.75) is 32.9 Å². The van der Waals surface area contributed by atoms with Crippen LogP contribution >= 0.6 is 0 Å². The molecule has 214 valence electrons. The average Bonchev–Trinajstić information content (AvgIpc) is 3.34. The second kappa shape index (κ2) is 10.2. The lowest BCUT2D eigenvalue weighted by molar-refractivity contribution is 0.254. The maximum absolute atomic E-state index is 15.1. The van der Waals surface area contributed by atoms with Crippen LogP contribution in [0.4, 0.5) is 31.9 Å². The number of nitrogens with one attached hydrogen (secondary N) is 1. The standard InChI is InChI=1S/C31H30F2N8O/c1-18(2)41-19(3)36-30-23(32)12-20(13-26(30)41)29-24(33)15-35-31(38-29)37-21-7-8-25-27(14-21)42-17-22-16-39(10-11-40(22)25)28-6-4-5-9-34-28/h4-9,12-15,18,22H,10-11,16-17H2,1-3H3,(H,35,37,38). The van der Waals surface area contributed by atoms with Gasteiger partial charge in [0.15, 0.2) is 11.6 Å². The van der Waals surface area contributed by atoms with Crippen molar-refractivity contribution in [3.63, 3.8) is 0 Å². The van der Waals surface area contributed by atoms with Crippen molar-refractivity contribution in [1.82, 2.24) is 24.5 Å². The average molecular weight is 569 g/mol. The van der Waals surface area contributed by atoms with E-state index in [1.54, 1.807) is 6.07 Å². The van der Waals surface area contributed by atoms with E-state index in [1.807, 2.05) is 67.9 Å². The number of aryl methyl sites for hydroxylation is 1. The number of rotatable bonds is 5. The number of piperazine rings is 1. The van der Waals surface area contributed by atoms with Gasteiger partial charge in [-0.05, 0) is 57.2 Å². The lowest BCUT2D eigenvalue weighted by Crippen LogP contribution is -2.57. The van der Waals surface area contributed by atoms with Crippen molar-refractivity contribution in [2.75, 3.05) is 41.4 Å². The molecule has 0 amide bonds. The summed E-state index contributed by atoms with van der Waals surface area (Å²) < 4.78 is 38.2. The Balaban J connectivity index is 1.13. The first-order chi connectivity index (χ1) is 20.4. The van der Waals surface area contributed by atoms with Crippen LogP contribution in [0, 0.1) is 18.6 Å². The number of nitrogens with zero attached hydrogens (tertiary/aromatic N) is 7. The number of aromatic nitrogens is 5. The fourth-order valence-electron chi connectivity index (χ4n) is 6.01. The van der Waals surface area contributed by atoms with E-state index in [0.717, 1.165) is 43.1 Å². The smallest absolute Gasteiger partial charge is 0.227 e. The molecular formula is C31H30F2N8O. The summed E-state index contributed by atoms with van der Waals surface area (Å²) in [5.41, 5.74) is 2.90. The zero-order chi connectivity index (χ0) is 29.0. The van der Waals surface area contributed by atoms with E-state index in [0.29, 0.717) is 29.2 Å². The van der Waals surface area contributed by atoms with Crippen LogP contribution in [0.2, 0.25) is 0 Å². The minimum atomic E-state index is -0.642. The van der Waals surface area contributed by atoms with Crippen molar-refractivity contribution in [1.29, 1.82) is 0 Å². The molecule has 1 unspecified atom stereocenters. The molecule has 5 heterocycles. The lowest BCUT2D eigenvalue weighted by Gasteiger charge is -2.46. The number of pyridine rings is 1. The largest absolute Gasteiger partial charge is 0.489 e. The Morgan fingerprint density at radius 1 is 1.00 bits per heavy atom. The van der Waals surface area contributed by atoms with Crippen LogP contribution in [0.5, 0.6) is 5.75 Å². The minimum Gasteiger partial charge on any atom is -0.489 e. The highest BCUT2D eigenvalue weighted by atomic mass is 19.1. The monoisotopic (exact) mass is 568 g/mol. The quantitative estimate of drug-likeness (QED) is 0.281. The van der Waals surface area contributed by atoms with E-state index in [2.05, 4.69) is 35.1 Å². The van der Waals surface area contributed by atoms with Crippen molar-refractivity contribution < 1.29 is 13.5 Å². The van der Waals surface area contributed by atoms with Gasteiger partial charge in [0.1, 0.15) is 35.2 Å². The van der Waals surface area contributed by atoms with E-state index >= 15 is 4.39 Å². The van der Waals surface area contributed by atoms with Gasteiger partial charge in [0.2, 0.25) is 5.95 Å². The van der Waals surface area contributed by atoms with Gasteiger partial charge >= 0.3 is 0 Å².